The van der Waals surface area contributed by atoms with E-state index in [0.29, 0.717) is 17.4 Å². The minimum atomic E-state index is 0.265. The van der Waals surface area contributed by atoms with Crippen LogP contribution in [0.2, 0.25) is 0 Å². The number of carbonyl (C=O) groups is 1. The van der Waals surface area contributed by atoms with Crippen molar-refractivity contribution < 1.29 is 4.79 Å². The van der Waals surface area contributed by atoms with E-state index in [4.69, 9.17) is 5.26 Å². The maximum Gasteiger partial charge on any atom is 0.226 e. The largest absolute Gasteiger partial charge is 0.353 e. The van der Waals surface area contributed by atoms with Crippen LogP contribution in [-0.4, -0.2) is 42.0 Å². The lowest BCUT2D eigenvalue weighted by atomic mass is 10.2. The molecule has 0 aromatic carbocycles. The third-order valence-electron chi connectivity index (χ3n) is 4.22. The summed E-state index contributed by atoms with van der Waals surface area (Å²) in [6.45, 7) is 5.21. The molecule has 0 N–H and O–H groups in total. The van der Waals surface area contributed by atoms with Crippen molar-refractivity contribution in [3.63, 3.8) is 0 Å². The van der Waals surface area contributed by atoms with Gasteiger partial charge in [-0.25, -0.2) is 4.98 Å². The van der Waals surface area contributed by atoms with Gasteiger partial charge in [-0.2, -0.15) is 5.26 Å². The van der Waals surface area contributed by atoms with E-state index in [2.05, 4.69) is 22.9 Å². The van der Waals surface area contributed by atoms with Crippen LogP contribution in [0, 0.1) is 23.2 Å². The molecule has 2 aliphatic rings. The minimum absolute atomic E-state index is 0.265. The number of hydrogen-bond donors (Lipinski definition) is 0. The van der Waals surface area contributed by atoms with Crippen LogP contribution in [0.4, 0.5) is 5.82 Å². The van der Waals surface area contributed by atoms with Gasteiger partial charge in [-0.1, -0.05) is 6.92 Å². The molecule has 2 fully saturated rings. The minimum Gasteiger partial charge on any atom is -0.353 e. The average Bonchev–Trinajstić information content (AvgIpc) is 3.24. The second-order valence-electron chi connectivity index (χ2n) is 5.65. The number of aromatic nitrogens is 1. The molecule has 1 aliphatic carbocycles. The van der Waals surface area contributed by atoms with E-state index in [9.17, 15) is 4.79 Å². The SMILES string of the molecule is CC1CC1C(=O)N1CCN(c2cc(C#N)ccn2)CC1. The molecule has 2 atom stereocenters. The Morgan fingerprint density at radius 2 is 2.10 bits per heavy atom. The van der Waals surface area contributed by atoms with Gasteiger partial charge in [0.25, 0.3) is 0 Å². The van der Waals surface area contributed by atoms with Crippen molar-refractivity contribution in [2.24, 2.45) is 11.8 Å². The highest BCUT2D eigenvalue weighted by atomic mass is 16.2. The van der Waals surface area contributed by atoms with Crippen molar-refractivity contribution in [3.8, 4) is 6.07 Å². The predicted octanol–water partition coefficient (Wildman–Crippen LogP) is 1.26. The number of carbonyl (C=O) groups excluding carboxylic acids is 1. The molecular weight excluding hydrogens is 252 g/mol. The Morgan fingerprint density at radius 3 is 2.70 bits per heavy atom. The zero-order valence-electron chi connectivity index (χ0n) is 11.6. The quantitative estimate of drug-likeness (QED) is 0.811. The second kappa shape index (κ2) is 5.12. The molecule has 5 nitrogen and oxygen atoms in total. The lowest BCUT2D eigenvalue weighted by Crippen LogP contribution is -2.49. The van der Waals surface area contributed by atoms with Crippen LogP contribution in [-0.2, 0) is 4.79 Å². The van der Waals surface area contributed by atoms with Gasteiger partial charge in [0.2, 0.25) is 5.91 Å². The van der Waals surface area contributed by atoms with Crippen molar-refractivity contribution in [1.82, 2.24) is 9.88 Å². The van der Waals surface area contributed by atoms with Crippen LogP contribution in [0.5, 0.6) is 0 Å². The maximum absolute atomic E-state index is 12.2. The summed E-state index contributed by atoms with van der Waals surface area (Å²) in [5.41, 5.74) is 0.625. The Hall–Kier alpha value is -2.09. The lowest BCUT2D eigenvalue weighted by Gasteiger charge is -2.35. The number of pyridine rings is 1. The van der Waals surface area contributed by atoms with E-state index < -0.39 is 0 Å². The first kappa shape index (κ1) is 12.9. The van der Waals surface area contributed by atoms with E-state index in [1.807, 2.05) is 4.90 Å². The van der Waals surface area contributed by atoms with Gasteiger partial charge in [-0.3, -0.25) is 4.79 Å². The Bertz CT molecular complexity index is 557. The van der Waals surface area contributed by atoms with Gasteiger partial charge in [0, 0.05) is 38.3 Å². The zero-order chi connectivity index (χ0) is 14.1. The fraction of sp³-hybridized carbons (Fsp3) is 0.533. The normalized spacial score (nSPS) is 25.2. The Kier molecular flexibility index (Phi) is 3.31. The first-order valence-corrected chi connectivity index (χ1v) is 7.09. The molecule has 0 radical (unpaired) electrons. The van der Waals surface area contributed by atoms with E-state index in [1.54, 1.807) is 18.3 Å². The molecule has 0 spiro atoms. The number of amides is 1. The number of hydrogen-bond acceptors (Lipinski definition) is 4. The first-order chi connectivity index (χ1) is 9.69. The number of piperazine rings is 1. The molecule has 2 heterocycles. The van der Waals surface area contributed by atoms with Crippen molar-refractivity contribution in [3.05, 3.63) is 23.9 Å². The van der Waals surface area contributed by atoms with Gasteiger partial charge in [-0.15, -0.1) is 0 Å². The molecule has 1 aromatic rings. The van der Waals surface area contributed by atoms with E-state index in [-0.39, 0.29) is 5.92 Å². The number of rotatable bonds is 2. The number of anilines is 1. The molecule has 1 saturated heterocycles. The lowest BCUT2D eigenvalue weighted by molar-refractivity contribution is -0.133. The summed E-state index contributed by atoms with van der Waals surface area (Å²) < 4.78 is 0. The number of nitriles is 1. The Balaban J connectivity index is 1.61. The summed E-state index contributed by atoms with van der Waals surface area (Å²) in [6.07, 6.45) is 2.71. The van der Waals surface area contributed by atoms with Gasteiger partial charge >= 0.3 is 0 Å². The highest BCUT2D eigenvalue weighted by Gasteiger charge is 2.41. The summed E-state index contributed by atoms with van der Waals surface area (Å²) in [5, 5.41) is 8.92. The van der Waals surface area contributed by atoms with Gasteiger partial charge in [0.1, 0.15) is 5.82 Å². The first-order valence-electron chi connectivity index (χ1n) is 7.09. The highest BCUT2D eigenvalue weighted by molar-refractivity contribution is 5.81. The molecule has 3 rings (SSSR count). The van der Waals surface area contributed by atoms with Gasteiger partial charge in [0.05, 0.1) is 11.6 Å². The molecule has 0 bridgehead atoms. The number of nitrogens with zero attached hydrogens (tertiary/aromatic N) is 4. The molecule has 20 heavy (non-hydrogen) atoms. The molecule has 2 unspecified atom stereocenters. The monoisotopic (exact) mass is 270 g/mol. The van der Waals surface area contributed by atoms with Crippen LogP contribution < -0.4 is 4.90 Å². The zero-order valence-corrected chi connectivity index (χ0v) is 11.6. The van der Waals surface area contributed by atoms with Gasteiger partial charge in [-0.05, 0) is 24.5 Å². The van der Waals surface area contributed by atoms with Crippen LogP contribution >= 0.6 is 0 Å². The standard InChI is InChI=1S/C15H18N4O/c1-11-8-13(11)15(20)19-6-4-18(5-7-19)14-9-12(10-16)2-3-17-14/h2-3,9,11,13H,4-8H2,1H3. The van der Waals surface area contributed by atoms with Crippen molar-refractivity contribution in [1.29, 1.82) is 5.26 Å². The Labute approximate surface area is 118 Å². The van der Waals surface area contributed by atoms with E-state index >= 15 is 0 Å². The predicted molar refractivity (Wildman–Crippen MR) is 75.0 cm³/mol. The summed E-state index contributed by atoms with van der Waals surface area (Å²) in [6, 6.07) is 5.64. The molecule has 1 aromatic heterocycles. The van der Waals surface area contributed by atoms with Crippen molar-refractivity contribution in [2.45, 2.75) is 13.3 Å². The van der Waals surface area contributed by atoms with E-state index in [0.717, 1.165) is 38.4 Å². The molecular formula is C15H18N4O. The topological polar surface area (TPSA) is 60.2 Å². The second-order valence-corrected chi connectivity index (χ2v) is 5.65. The van der Waals surface area contributed by atoms with Crippen LogP contribution in [0.15, 0.2) is 18.3 Å². The van der Waals surface area contributed by atoms with E-state index in [1.165, 1.54) is 0 Å². The molecule has 1 aliphatic heterocycles. The fourth-order valence-corrected chi connectivity index (χ4v) is 2.72. The third-order valence-corrected chi connectivity index (χ3v) is 4.22. The summed E-state index contributed by atoms with van der Waals surface area (Å²) in [4.78, 5) is 20.6. The average molecular weight is 270 g/mol. The highest BCUT2D eigenvalue weighted by Crippen LogP contribution is 2.39. The van der Waals surface area contributed by atoms with Crippen LogP contribution in [0.1, 0.15) is 18.9 Å². The fourth-order valence-electron chi connectivity index (χ4n) is 2.72. The maximum atomic E-state index is 12.2. The van der Waals surface area contributed by atoms with Gasteiger partial charge in [0.15, 0.2) is 0 Å². The third kappa shape index (κ3) is 2.46. The van der Waals surface area contributed by atoms with Crippen molar-refractivity contribution in [2.75, 3.05) is 31.1 Å². The summed E-state index contributed by atoms with van der Waals surface area (Å²) in [7, 11) is 0. The summed E-state index contributed by atoms with van der Waals surface area (Å²) in [5.74, 6) is 1.97. The van der Waals surface area contributed by atoms with Gasteiger partial charge < -0.3 is 9.80 Å². The smallest absolute Gasteiger partial charge is 0.226 e. The van der Waals surface area contributed by atoms with Crippen LogP contribution in [0.3, 0.4) is 0 Å². The molecule has 1 amide bonds. The molecule has 104 valence electrons. The van der Waals surface area contributed by atoms with Crippen molar-refractivity contribution >= 4 is 11.7 Å². The molecule has 5 heteroatoms. The molecule has 1 saturated carbocycles. The summed E-state index contributed by atoms with van der Waals surface area (Å²) >= 11 is 0. The van der Waals surface area contributed by atoms with Crippen LogP contribution in [0.25, 0.3) is 0 Å². The Morgan fingerprint density at radius 1 is 1.40 bits per heavy atom.